The van der Waals surface area contributed by atoms with E-state index in [0.717, 1.165) is 17.7 Å². The molecule has 3 heterocycles. The number of aliphatic imine (C=N–C) groups is 2. The largest absolute Gasteiger partial charge is 0.473 e. The lowest BCUT2D eigenvalue weighted by atomic mass is 9.99. The molecule has 2 unspecified atom stereocenters. The minimum absolute atomic E-state index is 0.000217. The number of allylic oxidation sites excluding steroid dienone is 2. The van der Waals surface area contributed by atoms with Gasteiger partial charge < -0.3 is 9.64 Å². The molecule has 0 fully saturated rings. The number of fused-ring (bicyclic) bond motifs is 1. The monoisotopic (exact) mass is 307 g/mol. The number of para-hydroxylation sites is 1. The molecule has 5 nitrogen and oxygen atoms in total. The fourth-order valence-corrected chi connectivity index (χ4v) is 3.25. The summed E-state index contributed by atoms with van der Waals surface area (Å²) in [5, 5.41) is 0. The molecule has 2 atom stereocenters. The van der Waals surface area contributed by atoms with Crippen molar-refractivity contribution >= 4 is 24.2 Å². The van der Waals surface area contributed by atoms with Gasteiger partial charge in [-0.3, -0.25) is 9.79 Å². The smallest absolute Gasteiger partial charge is 0.256 e. The summed E-state index contributed by atoms with van der Waals surface area (Å²) in [5.74, 6) is -0.000217. The second-order valence-corrected chi connectivity index (χ2v) is 5.75. The lowest BCUT2D eigenvalue weighted by molar-refractivity contribution is -0.120. The van der Waals surface area contributed by atoms with E-state index in [1.165, 1.54) is 12.0 Å². The minimum Gasteiger partial charge on any atom is -0.473 e. The van der Waals surface area contributed by atoms with Crippen LogP contribution in [0.4, 0.5) is 5.69 Å². The predicted molar refractivity (Wildman–Crippen MR) is 90.0 cm³/mol. The number of hydrogen-bond donors (Lipinski definition) is 0. The molecule has 1 aromatic rings. The van der Waals surface area contributed by atoms with Crippen molar-refractivity contribution in [2.75, 3.05) is 11.4 Å². The van der Waals surface area contributed by atoms with Crippen LogP contribution < -0.4 is 4.90 Å². The molecule has 0 aromatic heterocycles. The van der Waals surface area contributed by atoms with Gasteiger partial charge in [0.25, 0.3) is 5.91 Å². The van der Waals surface area contributed by atoms with Crippen molar-refractivity contribution in [3.05, 3.63) is 53.8 Å². The molecule has 0 N–H and O–H groups in total. The van der Waals surface area contributed by atoms with Crippen LogP contribution in [-0.4, -0.2) is 37.2 Å². The highest BCUT2D eigenvalue weighted by atomic mass is 16.5. The Morgan fingerprint density at radius 1 is 1.30 bits per heavy atom. The number of ether oxygens (including phenoxy) is 1. The van der Waals surface area contributed by atoms with Crippen LogP contribution in [0.3, 0.4) is 0 Å². The number of carbonyl (C=O) groups is 1. The first-order valence-corrected chi connectivity index (χ1v) is 7.78. The number of carbonyl (C=O) groups excluding carboxylic acids is 1. The van der Waals surface area contributed by atoms with Crippen LogP contribution >= 0.6 is 0 Å². The Morgan fingerprint density at radius 3 is 3.17 bits per heavy atom. The molecule has 4 rings (SSSR count). The van der Waals surface area contributed by atoms with Crippen molar-refractivity contribution in [2.45, 2.75) is 25.0 Å². The Morgan fingerprint density at radius 2 is 2.22 bits per heavy atom. The number of amides is 1. The van der Waals surface area contributed by atoms with E-state index in [1.54, 1.807) is 12.4 Å². The molecular weight excluding hydrogens is 290 g/mol. The summed E-state index contributed by atoms with van der Waals surface area (Å²) in [7, 11) is 0. The number of benzene rings is 1. The van der Waals surface area contributed by atoms with Gasteiger partial charge in [-0.15, -0.1) is 0 Å². The Bertz CT molecular complexity index is 748. The van der Waals surface area contributed by atoms with Gasteiger partial charge in [-0.2, -0.15) is 0 Å². The topological polar surface area (TPSA) is 54.3 Å². The highest BCUT2D eigenvalue weighted by molar-refractivity contribution is 6.00. The third kappa shape index (κ3) is 2.48. The highest BCUT2D eigenvalue weighted by Crippen LogP contribution is 2.31. The summed E-state index contributed by atoms with van der Waals surface area (Å²) >= 11 is 0. The predicted octanol–water partition coefficient (Wildman–Crippen LogP) is 2.29. The number of rotatable bonds is 2. The zero-order valence-electron chi connectivity index (χ0n) is 12.6. The Labute approximate surface area is 134 Å². The van der Waals surface area contributed by atoms with E-state index in [1.807, 2.05) is 35.3 Å². The van der Waals surface area contributed by atoms with Gasteiger partial charge in [0.15, 0.2) is 18.5 Å². The van der Waals surface area contributed by atoms with Gasteiger partial charge in [-0.25, -0.2) is 4.99 Å². The maximum absolute atomic E-state index is 13.0. The first-order valence-electron chi connectivity index (χ1n) is 7.78. The summed E-state index contributed by atoms with van der Waals surface area (Å²) < 4.78 is 5.63. The molecule has 0 radical (unpaired) electrons. The molecule has 1 aromatic carbocycles. The Hall–Kier alpha value is -2.69. The van der Waals surface area contributed by atoms with Crippen LogP contribution in [-0.2, 0) is 16.0 Å². The van der Waals surface area contributed by atoms with E-state index in [0.29, 0.717) is 13.0 Å². The molecule has 0 saturated heterocycles. The van der Waals surface area contributed by atoms with Crippen molar-refractivity contribution in [1.82, 2.24) is 0 Å². The molecule has 0 spiro atoms. The molecule has 3 aliphatic rings. The van der Waals surface area contributed by atoms with Gasteiger partial charge in [0, 0.05) is 24.6 Å². The van der Waals surface area contributed by atoms with Gasteiger partial charge in [0.1, 0.15) is 0 Å². The zero-order chi connectivity index (χ0) is 15.6. The Balaban J connectivity index is 1.58. The molecule has 116 valence electrons. The fourth-order valence-electron chi connectivity index (χ4n) is 3.25. The number of anilines is 1. The van der Waals surface area contributed by atoms with Crippen molar-refractivity contribution in [3.63, 3.8) is 0 Å². The summed E-state index contributed by atoms with van der Waals surface area (Å²) in [6, 6.07) is 7.52. The van der Waals surface area contributed by atoms with Gasteiger partial charge in [0.05, 0.1) is 0 Å². The molecule has 0 bridgehead atoms. The third-order valence-corrected chi connectivity index (χ3v) is 4.41. The summed E-state index contributed by atoms with van der Waals surface area (Å²) in [6.45, 7) is 0.706. The van der Waals surface area contributed by atoms with E-state index in [-0.39, 0.29) is 12.0 Å². The SMILES string of the molecule is O=C(C1N=COC1C1=CC=NC=CC1)N1CCc2ccccc21. The third-order valence-electron chi connectivity index (χ3n) is 4.41. The van der Waals surface area contributed by atoms with Crippen LogP contribution in [0, 0.1) is 0 Å². The van der Waals surface area contributed by atoms with E-state index in [2.05, 4.69) is 16.1 Å². The van der Waals surface area contributed by atoms with Crippen LogP contribution in [0.5, 0.6) is 0 Å². The molecule has 0 saturated carbocycles. The summed E-state index contributed by atoms with van der Waals surface area (Å²) in [4.78, 5) is 23.2. The lowest BCUT2D eigenvalue weighted by Gasteiger charge is -2.24. The quantitative estimate of drug-likeness (QED) is 0.842. The van der Waals surface area contributed by atoms with Crippen LogP contribution in [0.2, 0.25) is 0 Å². The lowest BCUT2D eigenvalue weighted by Crippen LogP contribution is -2.42. The summed E-state index contributed by atoms with van der Waals surface area (Å²) in [6.07, 6.45) is 10.0. The van der Waals surface area contributed by atoms with Crippen molar-refractivity contribution in [3.8, 4) is 0 Å². The van der Waals surface area contributed by atoms with Gasteiger partial charge >= 0.3 is 0 Å². The maximum atomic E-state index is 13.0. The van der Waals surface area contributed by atoms with Gasteiger partial charge in [-0.05, 0) is 36.1 Å². The molecule has 1 amide bonds. The minimum atomic E-state index is -0.521. The molecule has 3 aliphatic heterocycles. The number of nitrogens with zero attached hydrogens (tertiary/aromatic N) is 3. The van der Waals surface area contributed by atoms with E-state index in [4.69, 9.17) is 4.74 Å². The Kier molecular flexibility index (Phi) is 3.54. The van der Waals surface area contributed by atoms with Crippen molar-refractivity contribution in [2.24, 2.45) is 9.98 Å². The molecule has 0 aliphatic carbocycles. The van der Waals surface area contributed by atoms with Crippen LogP contribution in [0.1, 0.15) is 12.0 Å². The van der Waals surface area contributed by atoms with Gasteiger partial charge in [-0.1, -0.05) is 24.3 Å². The standard InChI is InChI=1S/C18H17N3O2/c22-18(21-11-8-13-4-1-2-6-15(13)21)16-17(23-12-20-16)14-5-3-9-19-10-7-14/h1-4,6-7,9-10,12,16-17H,5,8,11H2. The van der Waals surface area contributed by atoms with Crippen molar-refractivity contribution in [1.29, 1.82) is 0 Å². The first-order chi connectivity index (χ1) is 11.3. The van der Waals surface area contributed by atoms with Crippen LogP contribution in [0.25, 0.3) is 0 Å². The maximum Gasteiger partial charge on any atom is 0.256 e. The van der Waals surface area contributed by atoms with E-state index >= 15 is 0 Å². The molecule has 5 heteroatoms. The zero-order valence-corrected chi connectivity index (χ0v) is 12.6. The first kappa shape index (κ1) is 13.9. The second-order valence-electron chi connectivity index (χ2n) is 5.75. The average molecular weight is 307 g/mol. The van der Waals surface area contributed by atoms with Crippen LogP contribution in [0.15, 0.2) is 58.2 Å². The molecule has 23 heavy (non-hydrogen) atoms. The average Bonchev–Trinajstić information content (AvgIpc) is 3.15. The number of hydrogen-bond acceptors (Lipinski definition) is 4. The van der Waals surface area contributed by atoms with E-state index < -0.39 is 6.04 Å². The van der Waals surface area contributed by atoms with Crippen molar-refractivity contribution < 1.29 is 9.53 Å². The van der Waals surface area contributed by atoms with Gasteiger partial charge in [0.2, 0.25) is 0 Å². The second kappa shape index (κ2) is 5.83. The van der Waals surface area contributed by atoms with E-state index in [9.17, 15) is 4.79 Å². The highest BCUT2D eigenvalue weighted by Gasteiger charge is 2.39. The fraction of sp³-hybridized carbons (Fsp3) is 0.278. The normalized spacial score (nSPS) is 25.0. The molecular formula is C18H17N3O2. The summed E-state index contributed by atoms with van der Waals surface area (Å²) in [5.41, 5.74) is 3.23.